The second kappa shape index (κ2) is 6.26. The van der Waals surface area contributed by atoms with Crippen molar-refractivity contribution in [1.29, 1.82) is 0 Å². The molecule has 0 spiro atoms. The van der Waals surface area contributed by atoms with E-state index in [4.69, 9.17) is 11.6 Å². The molecule has 2 N–H and O–H groups in total. The quantitative estimate of drug-likeness (QED) is 0.855. The Bertz CT molecular complexity index is 614. The van der Waals surface area contributed by atoms with Gasteiger partial charge in [-0.3, -0.25) is 4.79 Å². The number of carbonyl (C=O) groups is 1. The molecule has 2 rings (SSSR count). The third-order valence-corrected chi connectivity index (χ3v) is 4.76. The van der Waals surface area contributed by atoms with Crippen molar-refractivity contribution < 1.29 is 9.90 Å². The predicted octanol–water partition coefficient (Wildman–Crippen LogP) is 3.80. The van der Waals surface area contributed by atoms with Gasteiger partial charge in [0.2, 0.25) is 0 Å². The van der Waals surface area contributed by atoms with Gasteiger partial charge in [-0.25, -0.2) is 0 Å². The first kappa shape index (κ1) is 15.5. The number of hydrogen-bond donors (Lipinski definition) is 2. The molecule has 0 saturated carbocycles. The summed E-state index contributed by atoms with van der Waals surface area (Å²) in [5, 5.41) is 15.3. The molecule has 1 aromatic carbocycles. The van der Waals surface area contributed by atoms with E-state index in [1.54, 1.807) is 25.1 Å². The van der Waals surface area contributed by atoms with Crippen molar-refractivity contribution in [2.75, 3.05) is 6.54 Å². The van der Waals surface area contributed by atoms with Crippen LogP contribution >= 0.6 is 38.9 Å². The van der Waals surface area contributed by atoms with Crippen molar-refractivity contribution in [2.24, 2.45) is 0 Å². The number of nitrogens with one attached hydrogen (secondary N) is 1. The normalized spacial score (nSPS) is 13.8. The van der Waals surface area contributed by atoms with E-state index < -0.39 is 5.60 Å². The predicted molar refractivity (Wildman–Crippen MR) is 85.4 cm³/mol. The van der Waals surface area contributed by atoms with Gasteiger partial charge in [0, 0.05) is 9.35 Å². The Hall–Kier alpha value is -0.880. The van der Waals surface area contributed by atoms with Crippen molar-refractivity contribution in [1.82, 2.24) is 5.32 Å². The van der Waals surface area contributed by atoms with Crippen LogP contribution in [0.3, 0.4) is 0 Å². The minimum absolute atomic E-state index is 0.120. The van der Waals surface area contributed by atoms with Gasteiger partial charge in [-0.15, -0.1) is 11.3 Å². The van der Waals surface area contributed by atoms with Gasteiger partial charge in [-0.2, -0.15) is 0 Å². The molecule has 1 atom stereocenters. The molecule has 1 amide bonds. The van der Waals surface area contributed by atoms with E-state index in [2.05, 4.69) is 21.2 Å². The topological polar surface area (TPSA) is 49.3 Å². The zero-order valence-electron chi connectivity index (χ0n) is 10.7. The molecule has 1 heterocycles. The molecule has 20 heavy (non-hydrogen) atoms. The Kier molecular flexibility index (Phi) is 4.86. The van der Waals surface area contributed by atoms with Gasteiger partial charge in [0.05, 0.1) is 17.1 Å². The largest absolute Gasteiger partial charge is 0.383 e. The fourth-order valence-corrected chi connectivity index (χ4v) is 3.04. The highest BCUT2D eigenvalue weighted by Crippen LogP contribution is 2.25. The van der Waals surface area contributed by atoms with Gasteiger partial charge in [-0.1, -0.05) is 33.6 Å². The minimum Gasteiger partial charge on any atom is -0.383 e. The fourth-order valence-electron chi connectivity index (χ4n) is 1.69. The van der Waals surface area contributed by atoms with Crippen molar-refractivity contribution in [2.45, 2.75) is 12.5 Å². The second-order valence-corrected chi connectivity index (χ2v) is 6.83. The minimum atomic E-state index is -1.09. The molecule has 1 unspecified atom stereocenters. The molecule has 0 bridgehead atoms. The molecular weight excluding hydrogens is 362 g/mol. The molecule has 0 fully saturated rings. The highest BCUT2D eigenvalue weighted by Gasteiger charge is 2.25. The van der Waals surface area contributed by atoms with Crippen LogP contribution in [-0.2, 0) is 5.60 Å². The number of carbonyl (C=O) groups excluding carboxylic acids is 1. The van der Waals surface area contributed by atoms with Crippen molar-refractivity contribution in [3.8, 4) is 0 Å². The van der Waals surface area contributed by atoms with E-state index in [1.807, 2.05) is 17.5 Å². The summed E-state index contributed by atoms with van der Waals surface area (Å²) in [4.78, 5) is 12.9. The summed E-state index contributed by atoms with van der Waals surface area (Å²) >= 11 is 10.7. The Morgan fingerprint density at radius 3 is 2.90 bits per heavy atom. The average molecular weight is 375 g/mol. The summed E-state index contributed by atoms with van der Waals surface area (Å²) in [5.74, 6) is -0.312. The maximum atomic E-state index is 12.1. The van der Waals surface area contributed by atoms with Crippen LogP contribution in [0.15, 0.2) is 40.2 Å². The van der Waals surface area contributed by atoms with Gasteiger partial charge in [-0.05, 0) is 36.6 Å². The third-order valence-electron chi connectivity index (χ3n) is 2.82. The monoisotopic (exact) mass is 373 g/mol. The van der Waals surface area contributed by atoms with Crippen LogP contribution in [0, 0.1) is 0 Å². The standard InChI is InChI=1S/C14H13BrClNO2S/c1-14(19,12-3-2-6-20-12)8-17-13(18)10-7-9(15)4-5-11(10)16/h2-7,19H,8H2,1H3,(H,17,18). The summed E-state index contributed by atoms with van der Waals surface area (Å²) in [6, 6.07) is 8.76. The number of thiophene rings is 1. The Balaban J connectivity index is 2.07. The average Bonchev–Trinajstić information content (AvgIpc) is 2.93. The molecule has 2 aromatic rings. The lowest BCUT2D eigenvalue weighted by atomic mass is 10.1. The van der Waals surface area contributed by atoms with Gasteiger partial charge in [0.1, 0.15) is 5.60 Å². The van der Waals surface area contributed by atoms with Crippen LogP contribution in [0.5, 0.6) is 0 Å². The zero-order valence-corrected chi connectivity index (χ0v) is 13.8. The van der Waals surface area contributed by atoms with Crippen LogP contribution in [0.1, 0.15) is 22.2 Å². The molecule has 0 aliphatic rings. The molecule has 1 aromatic heterocycles. The SMILES string of the molecule is CC(O)(CNC(=O)c1cc(Br)ccc1Cl)c1cccs1. The van der Waals surface area contributed by atoms with Gasteiger partial charge in [0.15, 0.2) is 0 Å². The summed E-state index contributed by atoms with van der Waals surface area (Å²) in [6.45, 7) is 1.79. The number of amides is 1. The van der Waals surface area contributed by atoms with Crippen LogP contribution in [-0.4, -0.2) is 17.6 Å². The van der Waals surface area contributed by atoms with E-state index in [1.165, 1.54) is 11.3 Å². The summed E-state index contributed by atoms with van der Waals surface area (Å²) in [6.07, 6.45) is 0. The smallest absolute Gasteiger partial charge is 0.252 e. The maximum absolute atomic E-state index is 12.1. The van der Waals surface area contributed by atoms with Crippen LogP contribution in [0.4, 0.5) is 0 Å². The molecule has 0 radical (unpaired) electrons. The number of benzene rings is 1. The Labute approximate surface area is 134 Å². The lowest BCUT2D eigenvalue weighted by Gasteiger charge is -2.22. The molecule has 3 nitrogen and oxygen atoms in total. The highest BCUT2D eigenvalue weighted by molar-refractivity contribution is 9.10. The molecule has 6 heteroatoms. The Morgan fingerprint density at radius 2 is 2.25 bits per heavy atom. The fraction of sp³-hybridized carbons (Fsp3) is 0.214. The van der Waals surface area contributed by atoms with E-state index in [0.717, 1.165) is 9.35 Å². The Morgan fingerprint density at radius 1 is 1.50 bits per heavy atom. The lowest BCUT2D eigenvalue weighted by molar-refractivity contribution is 0.0557. The van der Waals surface area contributed by atoms with Gasteiger partial charge < -0.3 is 10.4 Å². The number of aliphatic hydroxyl groups is 1. The number of hydrogen-bond acceptors (Lipinski definition) is 3. The lowest BCUT2D eigenvalue weighted by Crippen LogP contribution is -2.38. The molecule has 106 valence electrons. The number of rotatable bonds is 4. The van der Waals surface area contributed by atoms with Crippen molar-refractivity contribution in [3.05, 3.63) is 55.6 Å². The third kappa shape index (κ3) is 3.61. The molecular formula is C14H13BrClNO2S. The molecule has 0 aliphatic heterocycles. The van der Waals surface area contributed by atoms with Crippen molar-refractivity contribution >= 4 is 44.8 Å². The van der Waals surface area contributed by atoms with E-state index in [-0.39, 0.29) is 12.5 Å². The van der Waals surface area contributed by atoms with E-state index in [9.17, 15) is 9.90 Å². The summed E-state index contributed by atoms with van der Waals surface area (Å²) in [7, 11) is 0. The summed E-state index contributed by atoms with van der Waals surface area (Å²) < 4.78 is 0.775. The number of halogens is 2. The van der Waals surface area contributed by atoms with Crippen LogP contribution < -0.4 is 5.32 Å². The van der Waals surface area contributed by atoms with Crippen LogP contribution in [0.2, 0.25) is 5.02 Å². The molecule has 0 saturated heterocycles. The zero-order chi connectivity index (χ0) is 14.8. The maximum Gasteiger partial charge on any atom is 0.252 e. The van der Waals surface area contributed by atoms with E-state index >= 15 is 0 Å². The van der Waals surface area contributed by atoms with Gasteiger partial charge in [0.25, 0.3) is 5.91 Å². The molecule has 0 aliphatic carbocycles. The van der Waals surface area contributed by atoms with Crippen LogP contribution in [0.25, 0.3) is 0 Å². The highest BCUT2D eigenvalue weighted by atomic mass is 79.9. The second-order valence-electron chi connectivity index (χ2n) is 4.56. The van der Waals surface area contributed by atoms with E-state index in [0.29, 0.717) is 10.6 Å². The summed E-state index contributed by atoms with van der Waals surface area (Å²) in [5.41, 5.74) is -0.717. The van der Waals surface area contributed by atoms with Crippen molar-refractivity contribution in [3.63, 3.8) is 0 Å². The van der Waals surface area contributed by atoms with Gasteiger partial charge >= 0.3 is 0 Å². The first-order chi connectivity index (χ1) is 9.40. The first-order valence-electron chi connectivity index (χ1n) is 5.90. The first-order valence-corrected chi connectivity index (χ1v) is 7.95.